The van der Waals surface area contributed by atoms with E-state index in [1.54, 1.807) is 6.07 Å². The molecule has 1 aromatic rings. The predicted molar refractivity (Wildman–Crippen MR) is 75.6 cm³/mol. The molecule has 0 saturated heterocycles. The van der Waals surface area contributed by atoms with Crippen molar-refractivity contribution >= 4 is 0 Å². The first-order chi connectivity index (χ1) is 8.95. The Morgan fingerprint density at radius 2 is 1.84 bits per heavy atom. The van der Waals surface area contributed by atoms with E-state index in [-0.39, 0.29) is 18.0 Å². The number of rotatable bonds is 3. The third-order valence-electron chi connectivity index (χ3n) is 3.89. The minimum Gasteiger partial charge on any atom is -0.490 e. The molecule has 1 aliphatic rings. The molecule has 0 spiro atoms. The van der Waals surface area contributed by atoms with Crippen LogP contribution in [0, 0.1) is 17.7 Å². The van der Waals surface area contributed by atoms with E-state index in [2.05, 4.69) is 13.8 Å². The summed E-state index contributed by atoms with van der Waals surface area (Å²) in [7, 11) is 0. The summed E-state index contributed by atoms with van der Waals surface area (Å²) in [6, 6.07) is 4.41. The third-order valence-corrected chi connectivity index (χ3v) is 3.89. The van der Waals surface area contributed by atoms with E-state index in [1.165, 1.54) is 18.6 Å². The van der Waals surface area contributed by atoms with E-state index >= 15 is 0 Å². The Bertz CT molecular complexity index is 423. The molecule has 0 heterocycles. The number of hydrogen-bond donors (Lipinski definition) is 1. The highest BCUT2D eigenvalue weighted by atomic mass is 19.1. The first kappa shape index (κ1) is 14.3. The zero-order chi connectivity index (χ0) is 14.0. The summed E-state index contributed by atoms with van der Waals surface area (Å²) in [5.41, 5.74) is 6.65. The average Bonchev–Trinajstić information content (AvgIpc) is 2.30. The van der Waals surface area contributed by atoms with Crippen molar-refractivity contribution in [2.75, 3.05) is 0 Å². The fourth-order valence-electron chi connectivity index (χ4n) is 3.13. The van der Waals surface area contributed by atoms with Gasteiger partial charge in [-0.3, -0.25) is 0 Å². The fraction of sp³-hybridized carbons (Fsp3) is 0.625. The summed E-state index contributed by atoms with van der Waals surface area (Å²) in [4.78, 5) is 0. The second-order valence-electron chi connectivity index (χ2n) is 6.13. The summed E-state index contributed by atoms with van der Waals surface area (Å²) >= 11 is 0. The highest BCUT2D eigenvalue weighted by Gasteiger charge is 2.26. The molecule has 0 bridgehead atoms. The van der Waals surface area contributed by atoms with Gasteiger partial charge in [-0.25, -0.2) is 4.39 Å². The first-order valence-corrected chi connectivity index (χ1v) is 7.17. The molecule has 3 heteroatoms. The Morgan fingerprint density at radius 1 is 1.21 bits per heavy atom. The van der Waals surface area contributed by atoms with Crippen LogP contribution in [0.1, 0.15) is 51.6 Å². The summed E-state index contributed by atoms with van der Waals surface area (Å²) < 4.78 is 19.4. The van der Waals surface area contributed by atoms with Crippen LogP contribution in [0.3, 0.4) is 0 Å². The van der Waals surface area contributed by atoms with Crippen molar-refractivity contribution in [2.24, 2.45) is 17.6 Å². The highest BCUT2D eigenvalue weighted by Crippen LogP contribution is 2.33. The Morgan fingerprint density at radius 3 is 2.42 bits per heavy atom. The maximum Gasteiger partial charge on any atom is 0.124 e. The van der Waals surface area contributed by atoms with Crippen molar-refractivity contribution < 1.29 is 9.13 Å². The molecule has 3 atom stereocenters. The fourth-order valence-corrected chi connectivity index (χ4v) is 3.13. The topological polar surface area (TPSA) is 35.2 Å². The standard InChI is InChI=1S/C16H24FNO/c1-10-6-11(2)8-14(7-10)19-16-5-4-13(17)9-15(16)12(3)18/h4-5,9-12,14H,6-8,18H2,1-3H3/t10?,11?,12-,14?/m1/s1. The Kier molecular flexibility index (Phi) is 4.46. The number of ether oxygens (including phenoxy) is 1. The van der Waals surface area contributed by atoms with Gasteiger partial charge in [-0.05, 0) is 56.2 Å². The molecule has 0 aromatic heterocycles. The van der Waals surface area contributed by atoms with Gasteiger partial charge in [-0.15, -0.1) is 0 Å². The Labute approximate surface area is 115 Å². The normalized spacial score (nSPS) is 29.0. The Hall–Kier alpha value is -1.09. The maximum atomic E-state index is 13.3. The van der Waals surface area contributed by atoms with E-state index in [9.17, 15) is 4.39 Å². The molecule has 1 saturated carbocycles. The predicted octanol–water partition coefficient (Wildman–Crippen LogP) is 4.05. The molecule has 19 heavy (non-hydrogen) atoms. The van der Waals surface area contributed by atoms with Crippen LogP contribution >= 0.6 is 0 Å². The number of benzene rings is 1. The zero-order valence-electron chi connectivity index (χ0n) is 12.0. The van der Waals surface area contributed by atoms with Crippen molar-refractivity contribution in [1.29, 1.82) is 0 Å². The molecule has 106 valence electrons. The summed E-state index contributed by atoms with van der Waals surface area (Å²) in [6.45, 7) is 6.39. The van der Waals surface area contributed by atoms with Crippen LogP contribution in [0.15, 0.2) is 18.2 Å². The van der Waals surface area contributed by atoms with Crippen molar-refractivity contribution in [3.05, 3.63) is 29.6 Å². The van der Waals surface area contributed by atoms with Crippen LogP contribution in [0.25, 0.3) is 0 Å². The molecule has 1 aromatic carbocycles. The molecule has 0 radical (unpaired) electrons. The lowest BCUT2D eigenvalue weighted by Gasteiger charge is -2.32. The van der Waals surface area contributed by atoms with Crippen LogP contribution in [-0.2, 0) is 0 Å². The van der Waals surface area contributed by atoms with E-state index in [0.29, 0.717) is 11.8 Å². The highest BCUT2D eigenvalue weighted by molar-refractivity contribution is 5.36. The largest absolute Gasteiger partial charge is 0.490 e. The molecular formula is C16H24FNO. The van der Waals surface area contributed by atoms with E-state index in [1.807, 2.05) is 6.92 Å². The monoisotopic (exact) mass is 265 g/mol. The van der Waals surface area contributed by atoms with Crippen molar-refractivity contribution in [1.82, 2.24) is 0 Å². The molecule has 1 fully saturated rings. The van der Waals surface area contributed by atoms with Gasteiger partial charge in [0.25, 0.3) is 0 Å². The Balaban J connectivity index is 2.14. The molecule has 0 aliphatic heterocycles. The van der Waals surface area contributed by atoms with Gasteiger partial charge >= 0.3 is 0 Å². The molecule has 2 N–H and O–H groups in total. The molecule has 2 nitrogen and oxygen atoms in total. The maximum absolute atomic E-state index is 13.3. The first-order valence-electron chi connectivity index (χ1n) is 7.17. The molecule has 1 aliphatic carbocycles. The zero-order valence-corrected chi connectivity index (χ0v) is 12.0. The lowest BCUT2D eigenvalue weighted by atomic mass is 9.82. The summed E-state index contributed by atoms with van der Waals surface area (Å²) in [5.74, 6) is 1.86. The van der Waals surface area contributed by atoms with Crippen molar-refractivity contribution in [3.63, 3.8) is 0 Å². The second kappa shape index (κ2) is 5.91. The molecule has 0 amide bonds. The number of halogens is 1. The lowest BCUT2D eigenvalue weighted by Crippen LogP contribution is -2.29. The SMILES string of the molecule is CC1CC(C)CC(Oc2ccc(F)cc2[C@@H](C)N)C1. The lowest BCUT2D eigenvalue weighted by molar-refractivity contribution is 0.0997. The summed E-state index contributed by atoms with van der Waals surface area (Å²) in [6.07, 6.45) is 3.63. The van der Waals surface area contributed by atoms with Gasteiger partial charge in [0.15, 0.2) is 0 Å². The molecule has 2 rings (SSSR count). The van der Waals surface area contributed by atoms with E-state index in [0.717, 1.165) is 24.2 Å². The van der Waals surface area contributed by atoms with Crippen LogP contribution < -0.4 is 10.5 Å². The van der Waals surface area contributed by atoms with Crippen molar-refractivity contribution in [2.45, 2.75) is 52.2 Å². The number of hydrogen-bond acceptors (Lipinski definition) is 2. The quantitative estimate of drug-likeness (QED) is 0.895. The number of nitrogens with two attached hydrogens (primary N) is 1. The van der Waals surface area contributed by atoms with Crippen LogP contribution in [-0.4, -0.2) is 6.10 Å². The minimum atomic E-state index is -0.259. The van der Waals surface area contributed by atoms with Gasteiger partial charge in [0, 0.05) is 11.6 Å². The van der Waals surface area contributed by atoms with E-state index < -0.39 is 0 Å². The van der Waals surface area contributed by atoms with Gasteiger partial charge in [-0.1, -0.05) is 13.8 Å². The van der Waals surface area contributed by atoms with Gasteiger partial charge in [-0.2, -0.15) is 0 Å². The van der Waals surface area contributed by atoms with Gasteiger partial charge in [0.05, 0.1) is 6.10 Å². The van der Waals surface area contributed by atoms with Crippen LogP contribution in [0.5, 0.6) is 5.75 Å². The molecule has 2 unspecified atom stereocenters. The average molecular weight is 265 g/mol. The van der Waals surface area contributed by atoms with E-state index in [4.69, 9.17) is 10.5 Å². The van der Waals surface area contributed by atoms with Gasteiger partial charge in [0.1, 0.15) is 11.6 Å². The second-order valence-corrected chi connectivity index (χ2v) is 6.13. The van der Waals surface area contributed by atoms with Crippen LogP contribution in [0.4, 0.5) is 4.39 Å². The summed E-state index contributed by atoms with van der Waals surface area (Å²) in [5, 5.41) is 0. The van der Waals surface area contributed by atoms with Gasteiger partial charge in [0.2, 0.25) is 0 Å². The van der Waals surface area contributed by atoms with Gasteiger partial charge < -0.3 is 10.5 Å². The molecular weight excluding hydrogens is 241 g/mol. The smallest absolute Gasteiger partial charge is 0.124 e. The third kappa shape index (κ3) is 3.69. The van der Waals surface area contributed by atoms with Crippen LogP contribution in [0.2, 0.25) is 0 Å². The minimum absolute atomic E-state index is 0.218. The van der Waals surface area contributed by atoms with Crippen molar-refractivity contribution in [3.8, 4) is 5.75 Å².